The second kappa shape index (κ2) is 9.03. The molecule has 0 unspecified atom stereocenters. The van der Waals surface area contributed by atoms with E-state index in [9.17, 15) is 0 Å². The first-order valence-electron chi connectivity index (χ1n) is 7.11. The molecule has 1 aromatic carbocycles. The summed E-state index contributed by atoms with van der Waals surface area (Å²) in [5.74, 6) is 1.80. The summed E-state index contributed by atoms with van der Waals surface area (Å²) in [5.41, 5.74) is 0. The smallest absolute Gasteiger partial charge is 0.204 e. The third kappa shape index (κ3) is 5.13. The Morgan fingerprint density at radius 2 is 1.56 bits per heavy atom. The van der Waals surface area contributed by atoms with E-state index in [1.165, 1.54) is 25.7 Å². The molecule has 18 heavy (non-hydrogen) atoms. The van der Waals surface area contributed by atoms with Crippen LogP contribution in [0.15, 0.2) is 24.3 Å². The summed E-state index contributed by atoms with van der Waals surface area (Å²) in [6, 6.07) is 8.00. The predicted octanol–water partition coefficient (Wildman–Crippen LogP) is 3.47. The zero-order valence-corrected chi connectivity index (χ0v) is 13.9. The molecule has 102 valence electrons. The Kier molecular flexibility index (Phi) is 7.57. The minimum absolute atomic E-state index is 0.336. The van der Waals surface area contributed by atoms with Crippen molar-refractivity contribution >= 4 is 10.5 Å². The molecule has 0 aliphatic heterocycles. The quantitative estimate of drug-likeness (QED) is 0.637. The summed E-state index contributed by atoms with van der Waals surface area (Å²) in [5, 5.41) is 0. The highest BCUT2D eigenvalue weighted by atomic mass is 28.2. The van der Waals surface area contributed by atoms with Gasteiger partial charge in [0.05, 0.1) is 6.10 Å². The highest BCUT2D eigenvalue weighted by Gasteiger charge is 2.12. The minimum Gasteiger partial charge on any atom is -0.551 e. The molecule has 0 spiro atoms. The van der Waals surface area contributed by atoms with Crippen molar-refractivity contribution in [1.29, 1.82) is 0 Å². The maximum Gasteiger partial charge on any atom is 0.204 e. The van der Waals surface area contributed by atoms with Crippen LogP contribution in [0.2, 0.25) is 0 Å². The third-order valence-electron chi connectivity index (χ3n) is 3.12. The molecule has 1 rings (SSSR count). The van der Waals surface area contributed by atoms with Gasteiger partial charge in [0, 0.05) is 0 Å². The average molecular weight is 266 g/mol. The molecule has 3 heteroatoms. The van der Waals surface area contributed by atoms with Crippen LogP contribution in [-0.4, -0.2) is 16.6 Å². The van der Waals surface area contributed by atoms with Crippen molar-refractivity contribution in [2.24, 2.45) is 0 Å². The summed E-state index contributed by atoms with van der Waals surface area (Å²) < 4.78 is 11.6. The van der Waals surface area contributed by atoms with Crippen LogP contribution in [-0.2, 0) is 0 Å². The third-order valence-corrected chi connectivity index (χ3v) is 3.56. The maximum absolute atomic E-state index is 6.14. The van der Waals surface area contributed by atoms with Crippen molar-refractivity contribution in [3.8, 4) is 11.5 Å². The summed E-state index contributed by atoms with van der Waals surface area (Å²) in [4.78, 5) is 0. The SMILES string of the molecule is CCCCC(CCCC)Oc1ccccc1O[SiH3]. The molecule has 0 N–H and O–H groups in total. The van der Waals surface area contributed by atoms with Crippen LogP contribution in [0.25, 0.3) is 0 Å². The van der Waals surface area contributed by atoms with Gasteiger partial charge >= 0.3 is 0 Å². The molecule has 0 fully saturated rings. The van der Waals surface area contributed by atoms with Crippen LogP contribution in [0, 0.1) is 0 Å². The lowest BCUT2D eigenvalue weighted by Crippen LogP contribution is -2.16. The topological polar surface area (TPSA) is 18.5 Å². The van der Waals surface area contributed by atoms with E-state index in [1.807, 2.05) is 24.3 Å². The van der Waals surface area contributed by atoms with E-state index in [4.69, 9.17) is 9.16 Å². The Morgan fingerprint density at radius 1 is 1.00 bits per heavy atom. The number of benzene rings is 1. The van der Waals surface area contributed by atoms with Gasteiger partial charge in [-0.2, -0.15) is 0 Å². The summed E-state index contributed by atoms with van der Waals surface area (Å²) in [6.07, 6.45) is 7.55. The van der Waals surface area contributed by atoms with Gasteiger partial charge in [-0.05, 0) is 25.0 Å². The molecule has 1 aromatic rings. The molecule has 0 atom stereocenters. The van der Waals surface area contributed by atoms with Crippen molar-refractivity contribution in [2.45, 2.75) is 58.5 Å². The molecule has 0 radical (unpaired) electrons. The van der Waals surface area contributed by atoms with Crippen LogP contribution < -0.4 is 9.16 Å². The van der Waals surface area contributed by atoms with Gasteiger partial charge in [-0.1, -0.05) is 51.7 Å². The van der Waals surface area contributed by atoms with E-state index in [-0.39, 0.29) is 0 Å². The minimum atomic E-state index is 0.336. The average Bonchev–Trinajstić information content (AvgIpc) is 2.42. The molecule has 0 heterocycles. The Labute approximate surface area is 114 Å². The maximum atomic E-state index is 6.14. The number of para-hydroxylation sites is 2. The second-order valence-corrected chi connectivity index (χ2v) is 5.08. The van der Waals surface area contributed by atoms with Crippen LogP contribution >= 0.6 is 0 Å². The lowest BCUT2D eigenvalue weighted by Gasteiger charge is -2.20. The molecule has 0 bridgehead atoms. The van der Waals surface area contributed by atoms with Gasteiger partial charge in [0.1, 0.15) is 5.75 Å². The molecular formula is C15H26O2Si. The highest BCUT2D eigenvalue weighted by Crippen LogP contribution is 2.28. The zero-order chi connectivity index (χ0) is 13.2. The number of hydrogen-bond acceptors (Lipinski definition) is 2. The summed E-state index contributed by atoms with van der Waals surface area (Å²) in [7, 11) is 0.702. The molecular weight excluding hydrogens is 240 g/mol. The zero-order valence-electron chi connectivity index (χ0n) is 11.9. The van der Waals surface area contributed by atoms with Crippen molar-refractivity contribution in [2.75, 3.05) is 0 Å². The van der Waals surface area contributed by atoms with Crippen molar-refractivity contribution in [3.05, 3.63) is 24.3 Å². The first-order valence-corrected chi connectivity index (χ1v) is 7.93. The fraction of sp³-hybridized carbons (Fsp3) is 0.600. The van der Waals surface area contributed by atoms with Crippen LogP contribution in [0.3, 0.4) is 0 Å². The molecule has 0 amide bonds. The Morgan fingerprint density at radius 3 is 2.06 bits per heavy atom. The van der Waals surface area contributed by atoms with Crippen LogP contribution in [0.4, 0.5) is 0 Å². The number of rotatable bonds is 9. The van der Waals surface area contributed by atoms with Crippen LogP contribution in [0.1, 0.15) is 52.4 Å². The van der Waals surface area contributed by atoms with Gasteiger partial charge in [-0.3, -0.25) is 0 Å². The molecule has 0 aliphatic rings. The number of unbranched alkanes of at least 4 members (excludes halogenated alkanes) is 2. The monoisotopic (exact) mass is 266 g/mol. The van der Waals surface area contributed by atoms with Gasteiger partial charge < -0.3 is 9.16 Å². The Balaban J connectivity index is 2.62. The van der Waals surface area contributed by atoms with Gasteiger partial charge in [0.2, 0.25) is 10.5 Å². The van der Waals surface area contributed by atoms with E-state index in [0.717, 1.165) is 24.3 Å². The van der Waals surface area contributed by atoms with Gasteiger partial charge in [-0.25, -0.2) is 0 Å². The lowest BCUT2D eigenvalue weighted by molar-refractivity contribution is 0.171. The largest absolute Gasteiger partial charge is 0.551 e. The van der Waals surface area contributed by atoms with Crippen molar-refractivity contribution < 1.29 is 9.16 Å². The van der Waals surface area contributed by atoms with E-state index in [0.29, 0.717) is 16.6 Å². The number of ether oxygens (including phenoxy) is 1. The fourth-order valence-electron chi connectivity index (χ4n) is 2.02. The fourth-order valence-corrected chi connectivity index (χ4v) is 2.36. The molecule has 0 saturated carbocycles. The summed E-state index contributed by atoms with van der Waals surface area (Å²) >= 11 is 0. The highest BCUT2D eigenvalue weighted by molar-refractivity contribution is 6.00. The van der Waals surface area contributed by atoms with Gasteiger partial charge in [0.25, 0.3) is 0 Å². The van der Waals surface area contributed by atoms with E-state index < -0.39 is 0 Å². The van der Waals surface area contributed by atoms with Crippen molar-refractivity contribution in [1.82, 2.24) is 0 Å². The second-order valence-electron chi connectivity index (χ2n) is 4.68. The van der Waals surface area contributed by atoms with E-state index in [2.05, 4.69) is 13.8 Å². The lowest BCUT2D eigenvalue weighted by atomic mass is 10.1. The van der Waals surface area contributed by atoms with Gasteiger partial charge in [0.15, 0.2) is 5.75 Å². The Bertz CT molecular complexity index is 320. The van der Waals surface area contributed by atoms with E-state index in [1.54, 1.807) is 0 Å². The molecule has 0 aromatic heterocycles. The summed E-state index contributed by atoms with van der Waals surface area (Å²) in [6.45, 7) is 4.46. The molecule has 0 saturated heterocycles. The molecule has 2 nitrogen and oxygen atoms in total. The van der Waals surface area contributed by atoms with Crippen LogP contribution in [0.5, 0.6) is 11.5 Å². The predicted molar refractivity (Wildman–Crippen MR) is 80.5 cm³/mol. The normalized spacial score (nSPS) is 10.8. The molecule has 0 aliphatic carbocycles. The first kappa shape index (κ1) is 15.1. The Hall–Kier alpha value is -0.963. The van der Waals surface area contributed by atoms with E-state index >= 15 is 0 Å². The van der Waals surface area contributed by atoms with Crippen molar-refractivity contribution in [3.63, 3.8) is 0 Å². The number of hydrogen-bond donors (Lipinski definition) is 0. The first-order chi connectivity index (χ1) is 8.81. The van der Waals surface area contributed by atoms with Gasteiger partial charge in [-0.15, -0.1) is 0 Å². The standard InChI is InChI=1S/C15H26O2Si/c1-3-5-9-13(10-6-4-2)16-14-11-7-8-12-15(14)17-18/h7-8,11-13H,3-6,9-10H2,1-2,18H3.